The minimum Gasteiger partial charge on any atom is -0.285 e. The van der Waals surface area contributed by atoms with E-state index < -0.39 is 0 Å². The van der Waals surface area contributed by atoms with E-state index >= 15 is 0 Å². The predicted molar refractivity (Wildman–Crippen MR) is 117 cm³/mol. The van der Waals surface area contributed by atoms with Crippen LogP contribution in [0.2, 0.25) is 5.02 Å². The molecular formula is C21H19ClN2O2S2. The number of halogens is 1. The lowest BCUT2D eigenvalue weighted by Gasteiger charge is -2.35. The largest absolute Gasteiger partial charge is 0.285 e. The second kappa shape index (κ2) is 8.90. The van der Waals surface area contributed by atoms with Gasteiger partial charge in [0.05, 0.1) is 0 Å². The van der Waals surface area contributed by atoms with Crippen LogP contribution < -0.4 is 0 Å². The molecule has 28 heavy (non-hydrogen) atoms. The van der Waals surface area contributed by atoms with Gasteiger partial charge in [-0.3, -0.25) is 19.4 Å². The lowest BCUT2D eigenvalue weighted by Crippen LogP contribution is -2.55. The summed E-state index contributed by atoms with van der Waals surface area (Å²) in [5, 5.41) is 0.974. The van der Waals surface area contributed by atoms with Crippen molar-refractivity contribution in [2.24, 2.45) is 0 Å². The molecule has 2 aromatic carbocycles. The highest BCUT2D eigenvalue weighted by Crippen LogP contribution is 2.29. The van der Waals surface area contributed by atoms with E-state index in [9.17, 15) is 9.59 Å². The van der Waals surface area contributed by atoms with Gasteiger partial charge in [-0.05, 0) is 74.1 Å². The first-order valence-electron chi connectivity index (χ1n) is 8.87. The van der Waals surface area contributed by atoms with Crippen molar-refractivity contribution in [1.29, 1.82) is 0 Å². The van der Waals surface area contributed by atoms with E-state index in [1.807, 2.05) is 62.4 Å². The maximum absolute atomic E-state index is 12.7. The fraction of sp³-hybridized carbons (Fsp3) is 0.190. The van der Waals surface area contributed by atoms with Crippen LogP contribution in [0.5, 0.6) is 0 Å². The van der Waals surface area contributed by atoms with Gasteiger partial charge in [0, 0.05) is 27.9 Å². The van der Waals surface area contributed by atoms with Gasteiger partial charge < -0.3 is 0 Å². The van der Waals surface area contributed by atoms with E-state index in [1.54, 1.807) is 17.8 Å². The number of hydrogen-bond donors (Lipinski definition) is 0. The van der Waals surface area contributed by atoms with E-state index in [0.29, 0.717) is 18.1 Å². The van der Waals surface area contributed by atoms with Crippen LogP contribution in [0.1, 0.15) is 19.4 Å². The molecule has 1 heterocycles. The van der Waals surface area contributed by atoms with Gasteiger partial charge in [0.15, 0.2) is 5.11 Å². The fourth-order valence-electron chi connectivity index (χ4n) is 2.82. The van der Waals surface area contributed by atoms with Crippen molar-refractivity contribution in [3.8, 4) is 0 Å². The van der Waals surface area contributed by atoms with Crippen molar-refractivity contribution in [3.05, 3.63) is 64.7 Å². The second-order valence-electron chi connectivity index (χ2n) is 6.06. The number of carbonyl (C=O) groups is 2. The van der Waals surface area contributed by atoms with Gasteiger partial charge in [-0.15, -0.1) is 0 Å². The molecular weight excluding hydrogens is 412 g/mol. The van der Waals surface area contributed by atoms with E-state index in [-0.39, 0.29) is 22.5 Å². The third-order valence-electron chi connectivity index (χ3n) is 4.29. The number of nitrogens with zero attached hydrogens (tertiary/aromatic N) is 2. The Balaban J connectivity index is 1.83. The van der Waals surface area contributed by atoms with Crippen LogP contribution in [-0.2, 0) is 9.59 Å². The summed E-state index contributed by atoms with van der Waals surface area (Å²) in [4.78, 5) is 30.4. The van der Waals surface area contributed by atoms with Crippen LogP contribution in [-0.4, -0.2) is 39.8 Å². The second-order valence-corrected chi connectivity index (χ2v) is 8.01. The first-order valence-corrected chi connectivity index (χ1v) is 10.5. The summed E-state index contributed by atoms with van der Waals surface area (Å²) >= 11 is 12.8. The van der Waals surface area contributed by atoms with Crippen LogP contribution in [0.25, 0.3) is 6.08 Å². The number of benzene rings is 2. The Morgan fingerprint density at radius 1 is 0.893 bits per heavy atom. The monoisotopic (exact) mass is 430 g/mol. The van der Waals surface area contributed by atoms with Gasteiger partial charge in [0.2, 0.25) is 0 Å². The zero-order valence-electron chi connectivity index (χ0n) is 15.5. The number of rotatable bonds is 5. The van der Waals surface area contributed by atoms with Crippen molar-refractivity contribution in [2.45, 2.75) is 23.6 Å². The number of hydrogen-bond acceptors (Lipinski definition) is 4. The van der Waals surface area contributed by atoms with E-state index in [4.69, 9.17) is 23.8 Å². The third-order valence-corrected chi connectivity index (χ3v) is 5.99. The molecule has 144 valence electrons. The van der Waals surface area contributed by atoms with Crippen molar-refractivity contribution >= 4 is 58.6 Å². The summed E-state index contributed by atoms with van der Waals surface area (Å²) in [6, 6.07) is 15.3. The fourth-order valence-corrected chi connectivity index (χ4v) is 4.19. The predicted octanol–water partition coefficient (Wildman–Crippen LogP) is 4.87. The van der Waals surface area contributed by atoms with Crippen LogP contribution in [0, 0.1) is 0 Å². The highest BCUT2D eigenvalue weighted by Gasteiger charge is 2.37. The van der Waals surface area contributed by atoms with Crippen molar-refractivity contribution in [3.63, 3.8) is 0 Å². The molecule has 0 N–H and O–H groups in total. The van der Waals surface area contributed by atoms with E-state index in [0.717, 1.165) is 15.4 Å². The molecule has 0 bridgehead atoms. The molecule has 0 aromatic heterocycles. The molecule has 0 spiro atoms. The molecule has 0 atom stereocenters. The molecule has 1 aliphatic heterocycles. The lowest BCUT2D eigenvalue weighted by molar-refractivity contribution is -0.133. The molecule has 1 saturated heterocycles. The lowest BCUT2D eigenvalue weighted by atomic mass is 10.1. The summed E-state index contributed by atoms with van der Waals surface area (Å²) in [5.74, 6) is -0.691. The number of amides is 2. The molecule has 7 heteroatoms. The molecule has 0 saturated carbocycles. The average molecular weight is 431 g/mol. The molecule has 0 aliphatic carbocycles. The van der Waals surface area contributed by atoms with Crippen LogP contribution >= 0.6 is 35.6 Å². The Bertz CT molecular complexity index is 912. The maximum atomic E-state index is 12.7. The number of carbonyl (C=O) groups excluding carboxylic acids is 2. The third kappa shape index (κ3) is 4.29. The summed E-state index contributed by atoms with van der Waals surface area (Å²) in [5.41, 5.74) is 0.924. The van der Waals surface area contributed by atoms with E-state index in [1.165, 1.54) is 9.80 Å². The molecule has 0 radical (unpaired) electrons. The first kappa shape index (κ1) is 20.6. The summed E-state index contributed by atoms with van der Waals surface area (Å²) in [7, 11) is 0. The molecule has 4 nitrogen and oxygen atoms in total. The quantitative estimate of drug-likeness (QED) is 0.385. The normalized spacial score (nSPS) is 14.7. The van der Waals surface area contributed by atoms with Crippen molar-refractivity contribution in [1.82, 2.24) is 9.80 Å². The minimum atomic E-state index is -0.346. The Hall–Kier alpha value is -2.15. The van der Waals surface area contributed by atoms with Crippen LogP contribution in [0.15, 0.2) is 63.9 Å². The van der Waals surface area contributed by atoms with Gasteiger partial charge in [0.25, 0.3) is 11.8 Å². The van der Waals surface area contributed by atoms with Gasteiger partial charge in [-0.1, -0.05) is 35.5 Å². The molecule has 2 amide bonds. The standard InChI is InChI=1S/C21H19ClN2O2S2/c1-3-23-19(25)18(20(26)24(4-2)21(23)27)13-14-5-9-16(10-6-14)28-17-11-7-15(22)8-12-17/h5-13H,3-4H2,1-2H3. The highest BCUT2D eigenvalue weighted by atomic mass is 35.5. The van der Waals surface area contributed by atoms with E-state index in [2.05, 4.69) is 0 Å². The van der Waals surface area contributed by atoms with Crippen molar-refractivity contribution in [2.75, 3.05) is 13.1 Å². The highest BCUT2D eigenvalue weighted by molar-refractivity contribution is 7.99. The minimum absolute atomic E-state index is 0.135. The molecule has 1 fully saturated rings. The van der Waals surface area contributed by atoms with Gasteiger partial charge >= 0.3 is 0 Å². The maximum Gasteiger partial charge on any atom is 0.265 e. The molecule has 2 aromatic rings. The Morgan fingerprint density at radius 2 is 1.36 bits per heavy atom. The summed E-state index contributed by atoms with van der Waals surface area (Å²) < 4.78 is 0. The summed E-state index contributed by atoms with van der Waals surface area (Å²) in [6.45, 7) is 4.54. The first-order chi connectivity index (χ1) is 13.4. The molecule has 3 rings (SSSR count). The average Bonchev–Trinajstić information content (AvgIpc) is 2.69. The van der Waals surface area contributed by atoms with Crippen LogP contribution in [0.4, 0.5) is 0 Å². The van der Waals surface area contributed by atoms with Gasteiger partial charge in [0.1, 0.15) is 5.57 Å². The van der Waals surface area contributed by atoms with Gasteiger partial charge in [-0.25, -0.2) is 0 Å². The van der Waals surface area contributed by atoms with Crippen LogP contribution in [0.3, 0.4) is 0 Å². The molecule has 0 unspecified atom stereocenters. The molecule has 1 aliphatic rings. The van der Waals surface area contributed by atoms with Gasteiger partial charge in [-0.2, -0.15) is 0 Å². The van der Waals surface area contributed by atoms with Crippen molar-refractivity contribution < 1.29 is 9.59 Å². The SMILES string of the molecule is CCN1C(=O)C(=Cc2ccc(Sc3ccc(Cl)cc3)cc2)C(=O)N(CC)C1=S. The summed E-state index contributed by atoms with van der Waals surface area (Å²) in [6.07, 6.45) is 1.63. The Labute approximate surface area is 179 Å². The zero-order chi connectivity index (χ0) is 20.3. The topological polar surface area (TPSA) is 40.6 Å². The Morgan fingerprint density at radius 3 is 1.82 bits per heavy atom. The zero-order valence-corrected chi connectivity index (χ0v) is 17.9. The number of likely N-dealkylation sites (N-methyl/N-ethyl adjacent to an activating group) is 2. The smallest absolute Gasteiger partial charge is 0.265 e. The number of thiocarbonyl (C=S) groups is 1. The Kier molecular flexibility index (Phi) is 6.54.